The van der Waals surface area contributed by atoms with Crippen molar-refractivity contribution in [3.05, 3.63) is 29.8 Å². The number of amides is 1. The Morgan fingerprint density at radius 3 is 2.53 bits per heavy atom. The zero-order valence-corrected chi connectivity index (χ0v) is 12.1. The van der Waals surface area contributed by atoms with Crippen molar-refractivity contribution < 1.29 is 9.53 Å². The molecule has 0 spiro atoms. The van der Waals surface area contributed by atoms with E-state index in [2.05, 4.69) is 24.4 Å². The molecule has 104 valence electrons. The fourth-order valence-corrected chi connectivity index (χ4v) is 1.61. The summed E-state index contributed by atoms with van der Waals surface area (Å²) in [6.07, 6.45) is 0.874. The first-order valence-electron chi connectivity index (χ1n) is 6.49. The van der Waals surface area contributed by atoms with E-state index in [1.165, 1.54) is 0 Å². The van der Waals surface area contributed by atoms with Crippen molar-refractivity contribution in [3.63, 3.8) is 0 Å². The van der Waals surface area contributed by atoms with Gasteiger partial charge >= 0.3 is 0 Å². The third kappa shape index (κ3) is 6.60. The SMILES string of the molecule is C/C(CC(C)C)=N\NC(=O)COc1ccc(C)cc1. The molecule has 0 aliphatic rings. The third-order valence-corrected chi connectivity index (χ3v) is 2.47. The maximum Gasteiger partial charge on any atom is 0.277 e. The molecule has 1 rings (SSSR count). The van der Waals surface area contributed by atoms with Gasteiger partial charge in [-0.25, -0.2) is 5.43 Å². The number of rotatable bonds is 6. The van der Waals surface area contributed by atoms with Crippen LogP contribution in [0.25, 0.3) is 0 Å². The van der Waals surface area contributed by atoms with E-state index < -0.39 is 0 Å². The molecule has 0 bridgehead atoms. The van der Waals surface area contributed by atoms with Crippen LogP contribution in [0.15, 0.2) is 29.4 Å². The van der Waals surface area contributed by atoms with E-state index in [1.54, 1.807) is 0 Å². The van der Waals surface area contributed by atoms with Crippen LogP contribution in [-0.4, -0.2) is 18.2 Å². The first-order chi connectivity index (χ1) is 8.97. The highest BCUT2D eigenvalue weighted by Crippen LogP contribution is 2.10. The monoisotopic (exact) mass is 262 g/mol. The van der Waals surface area contributed by atoms with E-state index in [9.17, 15) is 4.79 Å². The molecule has 0 saturated heterocycles. The van der Waals surface area contributed by atoms with Gasteiger partial charge in [-0.3, -0.25) is 4.79 Å². The molecular formula is C15H22N2O2. The van der Waals surface area contributed by atoms with Gasteiger partial charge in [0.05, 0.1) is 0 Å². The smallest absolute Gasteiger partial charge is 0.277 e. The largest absolute Gasteiger partial charge is 0.484 e. The third-order valence-electron chi connectivity index (χ3n) is 2.47. The molecule has 0 fully saturated rings. The lowest BCUT2D eigenvalue weighted by Crippen LogP contribution is -2.25. The predicted molar refractivity (Wildman–Crippen MR) is 77.4 cm³/mol. The van der Waals surface area contributed by atoms with Gasteiger partial charge in [0, 0.05) is 5.71 Å². The average Bonchev–Trinajstić information content (AvgIpc) is 2.35. The molecule has 0 atom stereocenters. The Morgan fingerprint density at radius 1 is 1.32 bits per heavy atom. The van der Waals surface area contributed by atoms with Crippen LogP contribution in [0, 0.1) is 12.8 Å². The van der Waals surface area contributed by atoms with Crippen molar-refractivity contribution in [1.82, 2.24) is 5.43 Å². The van der Waals surface area contributed by atoms with E-state index in [4.69, 9.17) is 4.74 Å². The lowest BCUT2D eigenvalue weighted by atomic mass is 10.1. The van der Waals surface area contributed by atoms with Gasteiger partial charge in [-0.1, -0.05) is 31.5 Å². The average molecular weight is 262 g/mol. The number of carbonyl (C=O) groups excluding carboxylic acids is 1. The second kappa shape index (κ2) is 7.56. The first-order valence-corrected chi connectivity index (χ1v) is 6.49. The molecule has 0 heterocycles. The minimum Gasteiger partial charge on any atom is -0.484 e. The van der Waals surface area contributed by atoms with Gasteiger partial charge in [0.15, 0.2) is 6.61 Å². The quantitative estimate of drug-likeness (QED) is 0.633. The van der Waals surface area contributed by atoms with Crippen molar-refractivity contribution in [1.29, 1.82) is 0 Å². The zero-order valence-electron chi connectivity index (χ0n) is 12.1. The van der Waals surface area contributed by atoms with Crippen molar-refractivity contribution in [3.8, 4) is 5.75 Å². The molecule has 4 nitrogen and oxygen atoms in total. The van der Waals surface area contributed by atoms with Crippen LogP contribution >= 0.6 is 0 Å². The number of hydrazone groups is 1. The maximum atomic E-state index is 11.5. The highest BCUT2D eigenvalue weighted by Gasteiger charge is 2.02. The van der Waals surface area contributed by atoms with Gasteiger partial charge in [-0.15, -0.1) is 0 Å². The number of nitrogens with one attached hydrogen (secondary N) is 1. The summed E-state index contributed by atoms with van der Waals surface area (Å²) in [7, 11) is 0. The summed E-state index contributed by atoms with van der Waals surface area (Å²) in [5.41, 5.74) is 4.57. The predicted octanol–water partition coefficient (Wildman–Crippen LogP) is 2.91. The molecule has 1 N–H and O–H groups in total. The summed E-state index contributed by atoms with van der Waals surface area (Å²) in [5, 5.41) is 4.03. The standard InChI is InChI=1S/C15H22N2O2/c1-11(2)9-13(4)16-17-15(18)10-19-14-7-5-12(3)6-8-14/h5-8,11H,9-10H2,1-4H3,(H,17,18)/b16-13+. The van der Waals surface area contributed by atoms with Crippen LogP contribution in [0.5, 0.6) is 5.75 Å². The number of benzene rings is 1. The van der Waals surface area contributed by atoms with Crippen molar-refractivity contribution in [2.75, 3.05) is 6.61 Å². The molecule has 19 heavy (non-hydrogen) atoms. The van der Waals surface area contributed by atoms with Crippen LogP contribution in [0.3, 0.4) is 0 Å². The van der Waals surface area contributed by atoms with Crippen LogP contribution < -0.4 is 10.2 Å². The second-order valence-corrected chi connectivity index (χ2v) is 5.08. The molecule has 0 saturated carbocycles. The summed E-state index contributed by atoms with van der Waals surface area (Å²) < 4.78 is 5.35. The van der Waals surface area contributed by atoms with Crippen molar-refractivity contribution in [2.45, 2.75) is 34.1 Å². The van der Waals surface area contributed by atoms with Gasteiger partial charge in [-0.05, 0) is 38.3 Å². The van der Waals surface area contributed by atoms with Crippen LogP contribution in [0.4, 0.5) is 0 Å². The van der Waals surface area contributed by atoms with Crippen molar-refractivity contribution in [2.24, 2.45) is 11.0 Å². The van der Waals surface area contributed by atoms with Gasteiger partial charge in [-0.2, -0.15) is 5.10 Å². The highest BCUT2D eigenvalue weighted by molar-refractivity contribution is 5.84. The Labute approximate surface area is 114 Å². The van der Waals surface area contributed by atoms with Crippen LogP contribution in [-0.2, 0) is 4.79 Å². The zero-order chi connectivity index (χ0) is 14.3. The molecule has 4 heteroatoms. The van der Waals surface area contributed by atoms with Crippen LogP contribution in [0.1, 0.15) is 32.8 Å². The number of ether oxygens (including phenoxy) is 1. The lowest BCUT2D eigenvalue weighted by Gasteiger charge is -2.07. The fourth-order valence-electron chi connectivity index (χ4n) is 1.61. The van der Waals surface area contributed by atoms with E-state index in [0.29, 0.717) is 11.7 Å². The minimum absolute atomic E-state index is 0.0263. The number of nitrogens with zero attached hydrogens (tertiary/aromatic N) is 1. The molecule has 1 aromatic rings. The summed E-state index contributed by atoms with van der Waals surface area (Å²) in [6.45, 7) is 8.11. The second-order valence-electron chi connectivity index (χ2n) is 5.08. The highest BCUT2D eigenvalue weighted by atomic mass is 16.5. The number of carbonyl (C=O) groups is 1. The minimum atomic E-state index is -0.247. The molecule has 1 amide bonds. The topological polar surface area (TPSA) is 50.7 Å². The first kappa shape index (κ1) is 15.2. The fraction of sp³-hybridized carbons (Fsp3) is 0.467. The van der Waals surface area contributed by atoms with E-state index in [1.807, 2.05) is 38.1 Å². The molecule has 0 unspecified atom stereocenters. The van der Waals surface area contributed by atoms with Gasteiger partial charge in [0.2, 0.25) is 0 Å². The molecule has 0 aliphatic heterocycles. The Kier molecular flexibility index (Phi) is 6.06. The molecule has 0 aromatic heterocycles. The molecular weight excluding hydrogens is 240 g/mol. The lowest BCUT2D eigenvalue weighted by molar-refractivity contribution is -0.123. The molecule has 0 radical (unpaired) electrons. The van der Waals surface area contributed by atoms with Gasteiger partial charge in [0.1, 0.15) is 5.75 Å². The normalized spacial score (nSPS) is 11.5. The van der Waals surface area contributed by atoms with Gasteiger partial charge < -0.3 is 4.74 Å². The van der Waals surface area contributed by atoms with E-state index in [0.717, 1.165) is 17.7 Å². The van der Waals surface area contributed by atoms with Gasteiger partial charge in [0.25, 0.3) is 5.91 Å². The molecule has 1 aromatic carbocycles. The Hall–Kier alpha value is -1.84. The summed E-state index contributed by atoms with van der Waals surface area (Å²) >= 11 is 0. The Balaban J connectivity index is 2.34. The maximum absolute atomic E-state index is 11.5. The number of hydrogen-bond acceptors (Lipinski definition) is 3. The van der Waals surface area contributed by atoms with E-state index >= 15 is 0 Å². The van der Waals surface area contributed by atoms with E-state index in [-0.39, 0.29) is 12.5 Å². The summed E-state index contributed by atoms with van der Waals surface area (Å²) in [4.78, 5) is 11.5. The van der Waals surface area contributed by atoms with Crippen LogP contribution in [0.2, 0.25) is 0 Å². The molecule has 0 aliphatic carbocycles. The summed E-state index contributed by atoms with van der Waals surface area (Å²) in [6, 6.07) is 7.57. The number of hydrogen-bond donors (Lipinski definition) is 1. The number of aryl methyl sites for hydroxylation is 1. The Morgan fingerprint density at radius 2 is 1.95 bits per heavy atom. The summed E-state index contributed by atoms with van der Waals surface area (Å²) in [5.74, 6) is 0.969. The van der Waals surface area contributed by atoms with Crippen molar-refractivity contribution >= 4 is 11.6 Å². The Bertz CT molecular complexity index is 436.